The maximum atomic E-state index is 12.7. The average molecular weight is 417 g/mol. The largest absolute Gasteiger partial charge is 0.488 e. The Labute approximate surface area is 181 Å². The lowest BCUT2D eigenvalue weighted by Crippen LogP contribution is -2.49. The van der Waals surface area contributed by atoms with Gasteiger partial charge in [0.05, 0.1) is 0 Å². The molecule has 1 aliphatic heterocycles. The van der Waals surface area contributed by atoms with Crippen LogP contribution < -0.4 is 10.1 Å². The second-order valence-electron chi connectivity index (χ2n) is 8.18. The summed E-state index contributed by atoms with van der Waals surface area (Å²) in [5, 5.41) is 3.25. The Hall–Kier alpha value is -2.04. The van der Waals surface area contributed by atoms with Gasteiger partial charge < -0.3 is 15.0 Å². The van der Waals surface area contributed by atoms with E-state index in [4.69, 9.17) is 4.74 Å². The molecule has 1 atom stereocenters. The van der Waals surface area contributed by atoms with Crippen LogP contribution in [0.4, 0.5) is 0 Å². The molecule has 1 unspecified atom stereocenters. The fraction of sp³-hybridized carbons (Fsp3) is 0.458. The van der Waals surface area contributed by atoms with Crippen LogP contribution in [0.15, 0.2) is 36.4 Å². The van der Waals surface area contributed by atoms with Crippen LogP contribution in [0.1, 0.15) is 34.7 Å². The maximum absolute atomic E-state index is 12.7. The summed E-state index contributed by atoms with van der Waals surface area (Å²) in [5.74, 6) is 1.71. The summed E-state index contributed by atoms with van der Waals surface area (Å²) < 4.78 is 6.15. The zero-order valence-corrected chi connectivity index (χ0v) is 18.9. The minimum absolute atomic E-state index is 0. The molecule has 0 aromatic heterocycles. The highest BCUT2D eigenvalue weighted by atomic mass is 35.5. The van der Waals surface area contributed by atoms with E-state index in [1.807, 2.05) is 31.0 Å². The molecule has 5 heteroatoms. The molecule has 0 aliphatic carbocycles. The zero-order valence-electron chi connectivity index (χ0n) is 18.1. The molecule has 1 saturated heterocycles. The summed E-state index contributed by atoms with van der Waals surface area (Å²) in [6.45, 7) is 11.4. The summed E-state index contributed by atoms with van der Waals surface area (Å²) in [6.07, 6.45) is 0. The third kappa shape index (κ3) is 5.52. The molecule has 4 nitrogen and oxygen atoms in total. The molecule has 0 radical (unpaired) electrons. The van der Waals surface area contributed by atoms with Crippen LogP contribution in [0, 0.1) is 32.6 Å². The average Bonchev–Trinajstić information content (AvgIpc) is 2.60. The summed E-state index contributed by atoms with van der Waals surface area (Å²) in [4.78, 5) is 14.5. The number of hydrogen-bond acceptors (Lipinski definition) is 3. The van der Waals surface area contributed by atoms with Crippen LogP contribution in [-0.2, 0) is 17.9 Å². The summed E-state index contributed by atoms with van der Waals surface area (Å²) in [7, 11) is 1.90. The summed E-state index contributed by atoms with van der Waals surface area (Å²) in [6, 6.07) is 12.6. The number of halogens is 1. The standard InChI is InChI=1S/C24H32N2O2.ClH/c1-16-8-6-7-9-21(16)15-28-23-17(2)10-20(11-18(23)3)14-26(5)24(27)19(4)22-12-25-13-22;/h6-11,19,22,25H,12-15H2,1-5H3;1H. The van der Waals surface area contributed by atoms with Crippen molar-refractivity contribution in [2.75, 3.05) is 20.1 Å². The van der Waals surface area contributed by atoms with Gasteiger partial charge in [-0.1, -0.05) is 43.3 Å². The minimum Gasteiger partial charge on any atom is -0.488 e. The molecule has 1 heterocycles. The van der Waals surface area contributed by atoms with Crippen molar-refractivity contribution in [1.29, 1.82) is 0 Å². The van der Waals surface area contributed by atoms with E-state index < -0.39 is 0 Å². The van der Waals surface area contributed by atoms with Crippen molar-refractivity contribution in [3.05, 3.63) is 64.2 Å². The van der Waals surface area contributed by atoms with E-state index in [-0.39, 0.29) is 24.2 Å². The molecule has 1 aliphatic rings. The maximum Gasteiger partial charge on any atom is 0.225 e. The first-order valence-corrected chi connectivity index (χ1v) is 10.1. The van der Waals surface area contributed by atoms with Crippen molar-refractivity contribution < 1.29 is 9.53 Å². The van der Waals surface area contributed by atoms with Gasteiger partial charge in [0.15, 0.2) is 0 Å². The van der Waals surface area contributed by atoms with Gasteiger partial charge in [-0.3, -0.25) is 4.79 Å². The first-order chi connectivity index (χ1) is 13.4. The number of nitrogens with one attached hydrogen (secondary N) is 1. The summed E-state index contributed by atoms with van der Waals surface area (Å²) in [5.41, 5.74) is 5.81. The number of nitrogens with zero attached hydrogens (tertiary/aromatic N) is 1. The van der Waals surface area contributed by atoms with Crippen LogP contribution in [0.25, 0.3) is 0 Å². The van der Waals surface area contributed by atoms with Gasteiger partial charge in [-0.2, -0.15) is 0 Å². The predicted molar refractivity (Wildman–Crippen MR) is 121 cm³/mol. The number of benzene rings is 2. The normalized spacial score (nSPS) is 14.5. The van der Waals surface area contributed by atoms with E-state index in [2.05, 4.69) is 50.4 Å². The lowest BCUT2D eigenvalue weighted by atomic mass is 9.88. The molecular weight excluding hydrogens is 384 g/mol. The van der Waals surface area contributed by atoms with Gasteiger partial charge in [-0.25, -0.2) is 0 Å². The molecule has 2 aromatic carbocycles. The van der Waals surface area contributed by atoms with E-state index in [1.54, 1.807) is 0 Å². The zero-order chi connectivity index (χ0) is 20.3. The Morgan fingerprint density at radius 2 is 1.76 bits per heavy atom. The van der Waals surface area contributed by atoms with Crippen LogP contribution in [0.5, 0.6) is 5.75 Å². The number of carbonyl (C=O) groups is 1. The highest BCUT2D eigenvalue weighted by Gasteiger charge is 2.30. The minimum atomic E-state index is 0. The Bertz CT molecular complexity index is 826. The van der Waals surface area contributed by atoms with Crippen LogP contribution in [0.3, 0.4) is 0 Å². The quantitative estimate of drug-likeness (QED) is 0.726. The van der Waals surface area contributed by atoms with Crippen molar-refractivity contribution >= 4 is 18.3 Å². The Morgan fingerprint density at radius 1 is 1.14 bits per heavy atom. The molecule has 0 bridgehead atoms. The lowest BCUT2D eigenvalue weighted by Gasteiger charge is -2.34. The van der Waals surface area contributed by atoms with Gasteiger partial charge in [0, 0.05) is 19.5 Å². The van der Waals surface area contributed by atoms with E-state index in [1.165, 1.54) is 11.1 Å². The van der Waals surface area contributed by atoms with Crippen LogP contribution in [0.2, 0.25) is 0 Å². The summed E-state index contributed by atoms with van der Waals surface area (Å²) >= 11 is 0. The van der Waals surface area contributed by atoms with E-state index in [0.717, 1.165) is 35.5 Å². The van der Waals surface area contributed by atoms with Gasteiger partial charge in [0.25, 0.3) is 0 Å². The topological polar surface area (TPSA) is 41.6 Å². The second kappa shape index (κ2) is 10.1. The second-order valence-corrected chi connectivity index (χ2v) is 8.18. The number of aryl methyl sites for hydroxylation is 3. The van der Waals surface area contributed by atoms with Crippen LogP contribution in [-0.4, -0.2) is 30.9 Å². The first-order valence-electron chi connectivity index (χ1n) is 10.1. The Kier molecular flexibility index (Phi) is 8.12. The fourth-order valence-corrected chi connectivity index (χ4v) is 3.85. The molecule has 3 rings (SSSR count). The molecule has 29 heavy (non-hydrogen) atoms. The van der Waals surface area contributed by atoms with Gasteiger partial charge in [-0.15, -0.1) is 12.4 Å². The molecule has 0 spiro atoms. The van der Waals surface area contributed by atoms with Gasteiger partial charge in [0.1, 0.15) is 12.4 Å². The van der Waals surface area contributed by atoms with Crippen molar-refractivity contribution in [3.63, 3.8) is 0 Å². The van der Waals surface area contributed by atoms with Gasteiger partial charge in [-0.05, 0) is 67.6 Å². The number of amides is 1. The third-order valence-electron chi connectivity index (χ3n) is 5.86. The predicted octanol–water partition coefficient (Wildman–Crippen LogP) is 4.43. The van der Waals surface area contributed by atoms with Crippen LogP contribution >= 0.6 is 12.4 Å². The van der Waals surface area contributed by atoms with Gasteiger partial charge in [0.2, 0.25) is 5.91 Å². The van der Waals surface area contributed by atoms with E-state index >= 15 is 0 Å². The van der Waals surface area contributed by atoms with Crippen molar-refractivity contribution in [3.8, 4) is 5.75 Å². The fourth-order valence-electron chi connectivity index (χ4n) is 3.85. The van der Waals surface area contributed by atoms with E-state index in [0.29, 0.717) is 19.1 Å². The van der Waals surface area contributed by atoms with Crippen molar-refractivity contribution in [1.82, 2.24) is 10.2 Å². The smallest absolute Gasteiger partial charge is 0.225 e. The monoisotopic (exact) mass is 416 g/mol. The molecule has 1 N–H and O–H groups in total. The SMILES string of the molecule is Cc1ccccc1COc1c(C)cc(CN(C)C(=O)C(C)C2CNC2)cc1C.Cl. The van der Waals surface area contributed by atoms with E-state index in [9.17, 15) is 4.79 Å². The number of ether oxygens (including phenoxy) is 1. The third-order valence-corrected chi connectivity index (χ3v) is 5.86. The first kappa shape index (κ1) is 23.2. The number of rotatable bonds is 7. The Balaban J connectivity index is 0.00000300. The highest BCUT2D eigenvalue weighted by molar-refractivity contribution is 5.85. The lowest BCUT2D eigenvalue weighted by molar-refractivity contribution is -0.136. The molecule has 158 valence electrons. The number of carbonyl (C=O) groups excluding carboxylic acids is 1. The van der Waals surface area contributed by atoms with Crippen molar-refractivity contribution in [2.45, 2.75) is 40.8 Å². The van der Waals surface area contributed by atoms with Crippen molar-refractivity contribution in [2.24, 2.45) is 11.8 Å². The molecular formula is C24H33ClN2O2. The molecule has 0 saturated carbocycles. The molecule has 1 amide bonds. The van der Waals surface area contributed by atoms with Gasteiger partial charge >= 0.3 is 0 Å². The Morgan fingerprint density at radius 3 is 2.31 bits per heavy atom. The molecule has 1 fully saturated rings. The molecule has 2 aromatic rings. The highest BCUT2D eigenvalue weighted by Crippen LogP contribution is 2.27. The number of hydrogen-bond donors (Lipinski definition) is 1.